The van der Waals surface area contributed by atoms with E-state index in [0.717, 1.165) is 0 Å². The fourth-order valence-corrected chi connectivity index (χ4v) is 3.23. The minimum absolute atomic E-state index is 0.293. The smallest absolute Gasteiger partial charge is 0.317 e. The average molecular weight is 198 g/mol. The van der Waals surface area contributed by atoms with Crippen molar-refractivity contribution in [1.82, 2.24) is 0 Å². The van der Waals surface area contributed by atoms with Gasteiger partial charge in [-0.15, -0.1) is 0 Å². The fraction of sp³-hybridized carbons (Fsp3) is 0.778. The number of carbonyl (C=O) groups is 2. The minimum Gasteiger partial charge on any atom is -0.393 e. The molecule has 0 spiro atoms. The maximum absolute atomic E-state index is 11.3. The van der Waals surface area contributed by atoms with Crippen LogP contribution in [0.3, 0.4) is 0 Å². The Kier molecular flexibility index (Phi) is 1.41. The summed E-state index contributed by atoms with van der Waals surface area (Å²) in [6, 6.07) is 0. The second-order valence-electron chi connectivity index (χ2n) is 4.34. The van der Waals surface area contributed by atoms with Gasteiger partial charge in [0.2, 0.25) is 0 Å². The fourth-order valence-electron chi connectivity index (χ4n) is 3.23. The first kappa shape index (κ1) is 8.38. The molecule has 3 rings (SSSR count). The lowest BCUT2D eigenvalue weighted by atomic mass is 9.78. The second-order valence-corrected chi connectivity index (χ2v) is 4.34. The van der Waals surface area contributed by atoms with Crippen LogP contribution in [0.25, 0.3) is 0 Å². The van der Waals surface area contributed by atoms with Crippen LogP contribution in [0.5, 0.6) is 0 Å². The van der Waals surface area contributed by atoms with E-state index in [2.05, 4.69) is 4.74 Å². The predicted octanol–water partition coefficient (Wildman–Crippen LogP) is -1.33. The quantitative estimate of drug-likeness (QED) is 0.372. The van der Waals surface area contributed by atoms with Gasteiger partial charge < -0.3 is 14.9 Å². The zero-order chi connectivity index (χ0) is 10.0. The van der Waals surface area contributed by atoms with Gasteiger partial charge in [0, 0.05) is 11.8 Å². The number of hydrogen-bond donors (Lipinski definition) is 2. The summed E-state index contributed by atoms with van der Waals surface area (Å²) >= 11 is 0. The lowest BCUT2D eigenvalue weighted by Gasteiger charge is -2.28. The number of ether oxygens (including phenoxy) is 1. The molecule has 5 heteroatoms. The Hall–Kier alpha value is -0.940. The molecule has 3 aliphatic rings. The molecule has 0 aromatic rings. The standard InChI is InChI=1S/C9H10O5/c10-6-2-1-3(7(6)11)5-4(2)8(12)14-9(5)13/h2-7,10-11H,1H2. The molecule has 2 saturated carbocycles. The van der Waals surface area contributed by atoms with E-state index in [1.165, 1.54) is 0 Å². The van der Waals surface area contributed by atoms with Crippen molar-refractivity contribution >= 4 is 11.9 Å². The predicted molar refractivity (Wildman–Crippen MR) is 41.7 cm³/mol. The Labute approximate surface area is 79.7 Å². The lowest BCUT2D eigenvalue weighted by Crippen LogP contribution is -2.43. The number of cyclic esters (lactones) is 2. The van der Waals surface area contributed by atoms with Crippen molar-refractivity contribution in [3.63, 3.8) is 0 Å². The summed E-state index contributed by atoms with van der Waals surface area (Å²) in [5.74, 6) is -2.66. The number of esters is 2. The Morgan fingerprint density at radius 1 is 1.00 bits per heavy atom. The molecule has 2 bridgehead atoms. The van der Waals surface area contributed by atoms with E-state index in [-0.39, 0.29) is 11.8 Å². The van der Waals surface area contributed by atoms with Crippen molar-refractivity contribution in [1.29, 1.82) is 0 Å². The van der Waals surface area contributed by atoms with Gasteiger partial charge in [-0.2, -0.15) is 0 Å². The molecule has 1 heterocycles. The van der Waals surface area contributed by atoms with Crippen LogP contribution < -0.4 is 0 Å². The van der Waals surface area contributed by atoms with E-state index in [9.17, 15) is 19.8 Å². The number of aliphatic hydroxyl groups excluding tert-OH is 2. The van der Waals surface area contributed by atoms with Crippen LogP contribution in [-0.4, -0.2) is 34.4 Å². The van der Waals surface area contributed by atoms with Gasteiger partial charge in [0.25, 0.3) is 0 Å². The maximum Gasteiger partial charge on any atom is 0.317 e. The van der Waals surface area contributed by atoms with E-state index in [0.29, 0.717) is 6.42 Å². The molecule has 5 nitrogen and oxygen atoms in total. The van der Waals surface area contributed by atoms with Gasteiger partial charge in [-0.1, -0.05) is 0 Å². The number of carbonyl (C=O) groups excluding carboxylic acids is 2. The van der Waals surface area contributed by atoms with Crippen LogP contribution in [0, 0.1) is 23.7 Å². The molecule has 0 amide bonds. The largest absolute Gasteiger partial charge is 0.393 e. The Balaban J connectivity index is 2.01. The topological polar surface area (TPSA) is 83.8 Å². The molecule has 14 heavy (non-hydrogen) atoms. The first-order valence-corrected chi connectivity index (χ1v) is 4.73. The third-order valence-electron chi connectivity index (χ3n) is 3.83. The molecule has 0 aromatic heterocycles. The van der Waals surface area contributed by atoms with Gasteiger partial charge in [0.15, 0.2) is 0 Å². The van der Waals surface area contributed by atoms with Gasteiger partial charge in [-0.05, 0) is 6.42 Å². The van der Waals surface area contributed by atoms with E-state index in [1.807, 2.05) is 0 Å². The molecule has 1 saturated heterocycles. The van der Waals surface area contributed by atoms with Crippen LogP contribution in [0.2, 0.25) is 0 Å². The summed E-state index contributed by atoms with van der Waals surface area (Å²) in [5, 5.41) is 19.1. The molecule has 0 aromatic carbocycles. The average Bonchev–Trinajstić information content (AvgIpc) is 2.71. The molecule has 2 aliphatic carbocycles. The van der Waals surface area contributed by atoms with Crippen LogP contribution in [-0.2, 0) is 14.3 Å². The maximum atomic E-state index is 11.3. The summed E-state index contributed by atoms with van der Waals surface area (Å²) in [7, 11) is 0. The van der Waals surface area contributed by atoms with Gasteiger partial charge in [-0.3, -0.25) is 9.59 Å². The van der Waals surface area contributed by atoms with Crippen LogP contribution in [0.4, 0.5) is 0 Å². The molecular formula is C9H10O5. The van der Waals surface area contributed by atoms with E-state index < -0.39 is 36.0 Å². The Bertz CT molecular complexity index is 295. The highest BCUT2D eigenvalue weighted by molar-refractivity contribution is 5.97. The van der Waals surface area contributed by atoms with Crippen molar-refractivity contribution in [2.45, 2.75) is 18.6 Å². The van der Waals surface area contributed by atoms with E-state index >= 15 is 0 Å². The van der Waals surface area contributed by atoms with Gasteiger partial charge in [0.1, 0.15) is 0 Å². The van der Waals surface area contributed by atoms with Gasteiger partial charge >= 0.3 is 11.9 Å². The zero-order valence-corrected chi connectivity index (χ0v) is 7.29. The van der Waals surface area contributed by atoms with Crippen LogP contribution in [0.1, 0.15) is 6.42 Å². The molecule has 1 aliphatic heterocycles. The number of hydrogen-bond acceptors (Lipinski definition) is 5. The van der Waals surface area contributed by atoms with Gasteiger partial charge in [0.05, 0.1) is 24.0 Å². The zero-order valence-electron chi connectivity index (χ0n) is 7.29. The molecule has 6 atom stereocenters. The lowest BCUT2D eigenvalue weighted by molar-refractivity contribution is -0.155. The highest BCUT2D eigenvalue weighted by atomic mass is 16.6. The monoisotopic (exact) mass is 198 g/mol. The van der Waals surface area contributed by atoms with Crippen molar-refractivity contribution in [3.05, 3.63) is 0 Å². The van der Waals surface area contributed by atoms with E-state index in [4.69, 9.17) is 0 Å². The Morgan fingerprint density at radius 2 is 1.43 bits per heavy atom. The molecule has 6 unspecified atom stereocenters. The normalized spacial score (nSPS) is 55.0. The first-order chi connectivity index (χ1) is 6.61. The van der Waals surface area contributed by atoms with Crippen LogP contribution >= 0.6 is 0 Å². The molecule has 2 N–H and O–H groups in total. The number of aliphatic hydroxyl groups is 2. The van der Waals surface area contributed by atoms with Gasteiger partial charge in [-0.25, -0.2) is 0 Å². The number of fused-ring (bicyclic) bond motifs is 5. The summed E-state index contributed by atoms with van der Waals surface area (Å²) in [5.41, 5.74) is 0. The second kappa shape index (κ2) is 2.35. The summed E-state index contributed by atoms with van der Waals surface area (Å²) in [6.45, 7) is 0. The minimum atomic E-state index is -0.875. The molecular weight excluding hydrogens is 188 g/mol. The Morgan fingerprint density at radius 3 is 1.86 bits per heavy atom. The summed E-state index contributed by atoms with van der Waals surface area (Å²) < 4.78 is 4.51. The molecule has 3 fully saturated rings. The third-order valence-corrected chi connectivity index (χ3v) is 3.83. The van der Waals surface area contributed by atoms with Crippen molar-refractivity contribution in [3.8, 4) is 0 Å². The van der Waals surface area contributed by atoms with Crippen molar-refractivity contribution in [2.24, 2.45) is 23.7 Å². The van der Waals surface area contributed by atoms with Crippen LogP contribution in [0.15, 0.2) is 0 Å². The SMILES string of the molecule is O=C1OC(=O)C2C3CC(C(O)C3O)C12. The third kappa shape index (κ3) is 0.734. The molecule has 76 valence electrons. The first-order valence-electron chi connectivity index (χ1n) is 4.73. The van der Waals surface area contributed by atoms with E-state index in [1.54, 1.807) is 0 Å². The van der Waals surface area contributed by atoms with Crippen molar-refractivity contribution in [2.75, 3.05) is 0 Å². The highest BCUT2D eigenvalue weighted by Crippen LogP contribution is 2.55. The summed E-state index contributed by atoms with van der Waals surface area (Å²) in [6.07, 6.45) is -1.20. The summed E-state index contributed by atoms with van der Waals surface area (Å²) in [4.78, 5) is 22.5. The number of rotatable bonds is 0. The van der Waals surface area contributed by atoms with Crippen molar-refractivity contribution < 1.29 is 24.5 Å². The highest BCUT2D eigenvalue weighted by Gasteiger charge is 2.66. The molecule has 0 radical (unpaired) electrons.